The Morgan fingerprint density at radius 1 is 0.839 bits per heavy atom. The number of hydrogen-bond acceptors (Lipinski definition) is 2. The first kappa shape index (κ1) is 25.8. The van der Waals surface area contributed by atoms with Crippen molar-refractivity contribution in [2.24, 2.45) is 5.92 Å². The second kappa shape index (κ2) is 15.4. The number of alkyl halides is 1. The predicted molar refractivity (Wildman–Crippen MR) is 136 cm³/mol. The highest BCUT2D eigenvalue weighted by molar-refractivity contribution is 6.17. The van der Waals surface area contributed by atoms with Crippen molar-refractivity contribution in [2.75, 3.05) is 19.1 Å². The Labute approximate surface area is 195 Å². The lowest BCUT2D eigenvalue weighted by molar-refractivity contribution is 0.233. The minimum Gasteiger partial charge on any atom is -0.493 e. The molecule has 0 bridgehead atoms. The Bertz CT molecular complexity index is 743. The van der Waals surface area contributed by atoms with E-state index in [2.05, 4.69) is 51.1 Å². The quantitative estimate of drug-likeness (QED) is 0.178. The van der Waals surface area contributed by atoms with Crippen LogP contribution >= 0.6 is 11.6 Å². The lowest BCUT2D eigenvalue weighted by Crippen LogP contribution is -2.12. The van der Waals surface area contributed by atoms with Crippen molar-refractivity contribution < 1.29 is 9.47 Å². The largest absolute Gasteiger partial charge is 0.493 e. The third-order valence-corrected chi connectivity index (χ3v) is 6.47. The summed E-state index contributed by atoms with van der Waals surface area (Å²) in [7, 11) is 0. The van der Waals surface area contributed by atoms with Crippen LogP contribution in [0.1, 0.15) is 90.5 Å². The minimum atomic E-state index is 0.629. The fourth-order valence-electron chi connectivity index (χ4n) is 4.11. The second-order valence-corrected chi connectivity index (χ2v) is 9.03. The Morgan fingerprint density at radius 3 is 2.23 bits per heavy atom. The molecule has 0 saturated carbocycles. The summed E-state index contributed by atoms with van der Waals surface area (Å²) in [5, 5.41) is 2.35. The normalized spacial score (nSPS) is 12.3. The van der Waals surface area contributed by atoms with E-state index < -0.39 is 0 Å². The number of unbranched alkanes of at least 4 members (excludes halogenated alkanes) is 6. The van der Waals surface area contributed by atoms with Gasteiger partial charge >= 0.3 is 0 Å². The number of benzene rings is 2. The molecule has 0 aliphatic carbocycles. The first-order valence-corrected chi connectivity index (χ1v) is 13.1. The van der Waals surface area contributed by atoms with Crippen molar-refractivity contribution in [3.8, 4) is 11.5 Å². The summed E-state index contributed by atoms with van der Waals surface area (Å²) in [4.78, 5) is 0. The van der Waals surface area contributed by atoms with Crippen molar-refractivity contribution in [1.29, 1.82) is 0 Å². The molecule has 0 heterocycles. The van der Waals surface area contributed by atoms with Gasteiger partial charge in [-0.05, 0) is 43.2 Å². The summed E-state index contributed by atoms with van der Waals surface area (Å²) in [6.45, 7) is 8.32. The lowest BCUT2D eigenvalue weighted by atomic mass is 9.99. The standard InChI is InChI=1S/C28H43ClO2/c1-4-7-16-23(5-2)22-31-28-24(6-3)21-27(25-17-12-13-18-26(25)28)30-20-15-11-9-8-10-14-19-29/h12-13,17-18,21,23H,4-11,14-16,19-20,22H2,1-3H3. The van der Waals surface area contributed by atoms with Crippen LogP contribution in [-0.4, -0.2) is 19.1 Å². The average Bonchev–Trinajstić information content (AvgIpc) is 2.81. The monoisotopic (exact) mass is 446 g/mol. The third kappa shape index (κ3) is 8.56. The summed E-state index contributed by atoms with van der Waals surface area (Å²) in [6, 6.07) is 10.8. The maximum Gasteiger partial charge on any atom is 0.130 e. The first-order valence-electron chi connectivity index (χ1n) is 12.6. The van der Waals surface area contributed by atoms with E-state index in [4.69, 9.17) is 21.1 Å². The highest BCUT2D eigenvalue weighted by Gasteiger charge is 2.15. The Kier molecular flexibility index (Phi) is 12.8. The van der Waals surface area contributed by atoms with Gasteiger partial charge in [0.25, 0.3) is 0 Å². The lowest BCUT2D eigenvalue weighted by Gasteiger charge is -2.20. The zero-order valence-corrected chi connectivity index (χ0v) is 20.8. The van der Waals surface area contributed by atoms with Crippen LogP contribution in [0.25, 0.3) is 10.8 Å². The van der Waals surface area contributed by atoms with Gasteiger partial charge in [-0.3, -0.25) is 0 Å². The SMILES string of the molecule is CCCCC(CC)COc1c(CC)cc(OCCCCCCCCCl)c2ccccc12. The number of ether oxygens (including phenoxy) is 2. The van der Waals surface area contributed by atoms with E-state index in [9.17, 15) is 0 Å². The van der Waals surface area contributed by atoms with E-state index in [-0.39, 0.29) is 0 Å². The average molecular weight is 447 g/mol. The van der Waals surface area contributed by atoms with Crippen LogP contribution in [-0.2, 0) is 6.42 Å². The van der Waals surface area contributed by atoms with E-state index in [0.717, 1.165) is 49.9 Å². The first-order chi connectivity index (χ1) is 15.2. The molecule has 0 N–H and O–H groups in total. The molecular weight excluding hydrogens is 404 g/mol. The third-order valence-electron chi connectivity index (χ3n) is 6.21. The van der Waals surface area contributed by atoms with Gasteiger partial charge in [0, 0.05) is 16.7 Å². The molecule has 174 valence electrons. The topological polar surface area (TPSA) is 18.5 Å². The van der Waals surface area contributed by atoms with Crippen LogP contribution in [0, 0.1) is 5.92 Å². The van der Waals surface area contributed by atoms with Gasteiger partial charge in [-0.1, -0.05) is 90.0 Å². The predicted octanol–water partition coefficient (Wildman–Crippen LogP) is 8.96. The van der Waals surface area contributed by atoms with Crippen molar-refractivity contribution in [1.82, 2.24) is 0 Å². The van der Waals surface area contributed by atoms with Crippen molar-refractivity contribution in [2.45, 2.75) is 91.4 Å². The number of halogens is 1. The van der Waals surface area contributed by atoms with E-state index in [1.165, 1.54) is 67.7 Å². The molecular formula is C28H43ClO2. The van der Waals surface area contributed by atoms with Gasteiger partial charge < -0.3 is 9.47 Å². The summed E-state index contributed by atoms with van der Waals surface area (Å²) in [6.07, 6.45) is 13.1. The van der Waals surface area contributed by atoms with Gasteiger partial charge in [-0.2, -0.15) is 0 Å². The summed E-state index contributed by atoms with van der Waals surface area (Å²) < 4.78 is 12.7. The summed E-state index contributed by atoms with van der Waals surface area (Å²) in [5.41, 5.74) is 1.25. The second-order valence-electron chi connectivity index (χ2n) is 8.65. The molecule has 0 radical (unpaired) electrons. The summed E-state index contributed by atoms with van der Waals surface area (Å²) >= 11 is 5.75. The molecule has 0 aliphatic rings. The van der Waals surface area contributed by atoms with Gasteiger partial charge in [0.05, 0.1) is 13.2 Å². The van der Waals surface area contributed by atoms with Crippen molar-refractivity contribution in [3.05, 3.63) is 35.9 Å². The van der Waals surface area contributed by atoms with Crippen molar-refractivity contribution >= 4 is 22.4 Å². The van der Waals surface area contributed by atoms with Gasteiger partial charge in [-0.15, -0.1) is 11.6 Å². The van der Waals surface area contributed by atoms with Crippen LogP contribution in [0.3, 0.4) is 0 Å². The number of hydrogen-bond donors (Lipinski definition) is 0. The fraction of sp³-hybridized carbons (Fsp3) is 0.643. The molecule has 2 aromatic carbocycles. The molecule has 0 aliphatic heterocycles. The number of fused-ring (bicyclic) bond motifs is 1. The molecule has 3 heteroatoms. The molecule has 1 unspecified atom stereocenters. The van der Waals surface area contributed by atoms with E-state index in [1.807, 2.05) is 0 Å². The molecule has 2 nitrogen and oxygen atoms in total. The molecule has 0 saturated heterocycles. The molecule has 0 aromatic heterocycles. The highest BCUT2D eigenvalue weighted by atomic mass is 35.5. The number of rotatable bonds is 17. The van der Waals surface area contributed by atoms with Crippen molar-refractivity contribution in [3.63, 3.8) is 0 Å². The maximum atomic E-state index is 6.47. The number of aryl methyl sites for hydroxylation is 1. The van der Waals surface area contributed by atoms with Crippen LogP contribution in [0.5, 0.6) is 11.5 Å². The van der Waals surface area contributed by atoms with Gasteiger partial charge in [0.1, 0.15) is 11.5 Å². The van der Waals surface area contributed by atoms with Crippen LogP contribution in [0.2, 0.25) is 0 Å². The van der Waals surface area contributed by atoms with Gasteiger partial charge in [-0.25, -0.2) is 0 Å². The van der Waals surface area contributed by atoms with Gasteiger partial charge in [0.2, 0.25) is 0 Å². The van der Waals surface area contributed by atoms with Crippen LogP contribution in [0.15, 0.2) is 30.3 Å². The molecule has 0 amide bonds. The maximum absolute atomic E-state index is 6.47. The molecule has 31 heavy (non-hydrogen) atoms. The molecule has 0 fully saturated rings. The van der Waals surface area contributed by atoms with E-state index >= 15 is 0 Å². The molecule has 1 atom stereocenters. The highest BCUT2D eigenvalue weighted by Crippen LogP contribution is 2.37. The molecule has 0 spiro atoms. The molecule has 2 rings (SSSR count). The Morgan fingerprint density at radius 2 is 1.55 bits per heavy atom. The fourth-order valence-corrected chi connectivity index (χ4v) is 4.30. The zero-order chi connectivity index (χ0) is 22.3. The van der Waals surface area contributed by atoms with E-state index in [1.54, 1.807) is 0 Å². The Balaban J connectivity index is 2.04. The Hall–Kier alpha value is -1.41. The van der Waals surface area contributed by atoms with Crippen LogP contribution < -0.4 is 9.47 Å². The zero-order valence-electron chi connectivity index (χ0n) is 20.1. The van der Waals surface area contributed by atoms with E-state index in [0.29, 0.717) is 5.92 Å². The molecule has 2 aromatic rings. The minimum absolute atomic E-state index is 0.629. The smallest absolute Gasteiger partial charge is 0.130 e. The summed E-state index contributed by atoms with van der Waals surface area (Å²) in [5.74, 6) is 3.47. The van der Waals surface area contributed by atoms with Gasteiger partial charge in [0.15, 0.2) is 0 Å². The van der Waals surface area contributed by atoms with Crippen LogP contribution in [0.4, 0.5) is 0 Å².